The van der Waals surface area contributed by atoms with E-state index in [1.165, 1.54) is 0 Å². The van der Waals surface area contributed by atoms with Gasteiger partial charge in [-0.25, -0.2) is 0 Å². The Hall–Kier alpha value is -2.58. The number of hydrogen-bond acceptors (Lipinski definition) is 2. The zero-order chi connectivity index (χ0) is 19.5. The van der Waals surface area contributed by atoms with Crippen LogP contribution in [-0.4, -0.2) is 14.2 Å². The molecule has 0 amide bonds. The largest absolute Gasteiger partial charge is 0.497 e. The second-order valence-corrected chi connectivity index (χ2v) is 8.41. The molecule has 0 unspecified atom stereocenters. The molecular weight excluding hydrogens is 320 g/mol. The van der Waals surface area contributed by atoms with Crippen LogP contribution in [0.3, 0.4) is 0 Å². The monoisotopic (exact) mass is 348 g/mol. The van der Waals surface area contributed by atoms with Crippen LogP contribution in [0.5, 0.6) is 11.5 Å². The van der Waals surface area contributed by atoms with E-state index >= 15 is 0 Å². The number of benzene rings is 2. The van der Waals surface area contributed by atoms with Crippen LogP contribution in [0.1, 0.15) is 52.7 Å². The third-order valence-electron chi connectivity index (χ3n) is 3.66. The summed E-state index contributed by atoms with van der Waals surface area (Å²) in [6.45, 7) is 12.6. The Morgan fingerprint density at radius 1 is 0.731 bits per heavy atom. The first-order valence-electron chi connectivity index (χ1n) is 8.79. The molecule has 0 radical (unpaired) electrons. The Balaban J connectivity index is 2.85. The maximum Gasteiger partial charge on any atom is 0.136 e. The third-order valence-corrected chi connectivity index (χ3v) is 3.66. The van der Waals surface area contributed by atoms with Crippen LogP contribution in [0.25, 0.3) is 10.8 Å². The Kier molecular flexibility index (Phi) is 5.58. The Bertz CT molecular complexity index is 930. The summed E-state index contributed by atoms with van der Waals surface area (Å²) in [5.41, 5.74) is 1.64. The molecule has 26 heavy (non-hydrogen) atoms. The first-order valence-corrected chi connectivity index (χ1v) is 8.79. The van der Waals surface area contributed by atoms with Crippen molar-refractivity contribution < 1.29 is 9.47 Å². The van der Waals surface area contributed by atoms with Gasteiger partial charge in [-0.3, -0.25) is 0 Å². The highest BCUT2D eigenvalue weighted by Crippen LogP contribution is 2.33. The van der Waals surface area contributed by atoms with Gasteiger partial charge in [-0.2, -0.15) is 0 Å². The summed E-state index contributed by atoms with van der Waals surface area (Å²) in [4.78, 5) is 0. The standard InChI is InChI=1S/C24H28O2/c1-23(2,3)13-11-17-15-22(26-8)20(12-14-24(4,5)6)19-10-9-18(25-7)16-21(17)19/h9-10,15-16H,1-8H3. The highest BCUT2D eigenvalue weighted by molar-refractivity contribution is 5.96. The van der Waals surface area contributed by atoms with E-state index in [9.17, 15) is 0 Å². The topological polar surface area (TPSA) is 18.5 Å². The number of methoxy groups -OCH3 is 2. The van der Waals surface area contributed by atoms with Crippen molar-refractivity contribution in [3.05, 3.63) is 35.4 Å². The van der Waals surface area contributed by atoms with Crippen molar-refractivity contribution in [1.29, 1.82) is 0 Å². The molecule has 0 saturated carbocycles. The summed E-state index contributed by atoms with van der Waals surface area (Å²) >= 11 is 0. The molecule has 2 rings (SSSR count). The average molecular weight is 348 g/mol. The summed E-state index contributed by atoms with van der Waals surface area (Å²) < 4.78 is 11.1. The first kappa shape index (κ1) is 19.7. The Morgan fingerprint density at radius 3 is 1.88 bits per heavy atom. The molecule has 0 aliphatic heterocycles. The van der Waals surface area contributed by atoms with Gasteiger partial charge in [-0.05, 0) is 65.8 Å². The van der Waals surface area contributed by atoms with E-state index in [0.29, 0.717) is 0 Å². The lowest BCUT2D eigenvalue weighted by molar-refractivity contribution is 0.413. The lowest BCUT2D eigenvalue weighted by atomic mass is 9.93. The molecule has 2 aromatic rings. The molecule has 0 heterocycles. The average Bonchev–Trinajstić information content (AvgIpc) is 2.55. The number of rotatable bonds is 2. The molecule has 0 spiro atoms. The summed E-state index contributed by atoms with van der Waals surface area (Å²) in [6, 6.07) is 7.98. The van der Waals surface area contributed by atoms with E-state index in [1.807, 2.05) is 24.3 Å². The minimum atomic E-state index is -0.0888. The minimum absolute atomic E-state index is 0.0802. The highest BCUT2D eigenvalue weighted by Gasteiger charge is 2.13. The van der Waals surface area contributed by atoms with Crippen LogP contribution >= 0.6 is 0 Å². The summed E-state index contributed by atoms with van der Waals surface area (Å²) in [5, 5.41) is 2.06. The van der Waals surface area contributed by atoms with Crippen molar-refractivity contribution in [1.82, 2.24) is 0 Å². The van der Waals surface area contributed by atoms with Crippen LogP contribution in [0.4, 0.5) is 0 Å². The fraction of sp³-hybridized carbons (Fsp3) is 0.417. The fourth-order valence-corrected chi connectivity index (χ4v) is 2.40. The number of fused-ring (bicyclic) bond motifs is 1. The number of ether oxygens (including phenoxy) is 2. The van der Waals surface area contributed by atoms with Crippen molar-refractivity contribution >= 4 is 10.8 Å². The van der Waals surface area contributed by atoms with Crippen LogP contribution in [0.2, 0.25) is 0 Å². The molecule has 0 fully saturated rings. The van der Waals surface area contributed by atoms with Crippen LogP contribution in [0.15, 0.2) is 24.3 Å². The van der Waals surface area contributed by atoms with Gasteiger partial charge in [0.25, 0.3) is 0 Å². The van der Waals surface area contributed by atoms with E-state index in [0.717, 1.165) is 33.4 Å². The van der Waals surface area contributed by atoms with Crippen molar-refractivity contribution in [3.8, 4) is 35.2 Å². The Labute approximate surface area is 157 Å². The third kappa shape index (κ3) is 4.96. The zero-order valence-corrected chi connectivity index (χ0v) is 17.1. The molecule has 0 aliphatic rings. The molecule has 0 N–H and O–H groups in total. The lowest BCUT2D eigenvalue weighted by Gasteiger charge is -2.13. The second-order valence-electron chi connectivity index (χ2n) is 8.41. The van der Waals surface area contributed by atoms with E-state index in [1.54, 1.807) is 14.2 Å². The van der Waals surface area contributed by atoms with Gasteiger partial charge < -0.3 is 9.47 Å². The summed E-state index contributed by atoms with van der Waals surface area (Å²) in [5.74, 6) is 14.8. The molecular formula is C24H28O2. The van der Waals surface area contributed by atoms with Crippen molar-refractivity contribution in [2.24, 2.45) is 10.8 Å². The summed E-state index contributed by atoms with van der Waals surface area (Å²) in [7, 11) is 3.35. The normalized spacial score (nSPS) is 11.2. The molecule has 0 saturated heterocycles. The maximum atomic E-state index is 5.65. The van der Waals surface area contributed by atoms with Crippen molar-refractivity contribution in [2.75, 3.05) is 14.2 Å². The van der Waals surface area contributed by atoms with Gasteiger partial charge in [0.1, 0.15) is 11.5 Å². The maximum absolute atomic E-state index is 5.65. The smallest absolute Gasteiger partial charge is 0.136 e. The number of hydrogen-bond donors (Lipinski definition) is 0. The van der Waals surface area contributed by atoms with E-state index in [4.69, 9.17) is 9.47 Å². The molecule has 2 heteroatoms. The zero-order valence-electron chi connectivity index (χ0n) is 17.1. The second kappa shape index (κ2) is 7.35. The molecule has 0 aliphatic carbocycles. The van der Waals surface area contributed by atoms with Gasteiger partial charge in [0, 0.05) is 27.2 Å². The molecule has 0 bridgehead atoms. The predicted molar refractivity (Wildman–Crippen MR) is 110 cm³/mol. The molecule has 136 valence electrons. The quantitative estimate of drug-likeness (QED) is 0.653. The SMILES string of the molecule is COc1ccc2c(C#CC(C)(C)C)c(OC)cc(C#CC(C)(C)C)c2c1. The van der Waals surface area contributed by atoms with Gasteiger partial charge in [0.15, 0.2) is 0 Å². The van der Waals surface area contributed by atoms with Crippen molar-refractivity contribution in [2.45, 2.75) is 41.5 Å². The lowest BCUT2D eigenvalue weighted by Crippen LogP contribution is -2.01. The molecule has 2 nitrogen and oxygen atoms in total. The van der Waals surface area contributed by atoms with Crippen molar-refractivity contribution in [3.63, 3.8) is 0 Å². The summed E-state index contributed by atoms with van der Waals surface area (Å²) in [6.07, 6.45) is 0. The highest BCUT2D eigenvalue weighted by atomic mass is 16.5. The molecule has 0 atom stereocenters. The van der Waals surface area contributed by atoms with Crippen LogP contribution in [-0.2, 0) is 0 Å². The fourth-order valence-electron chi connectivity index (χ4n) is 2.40. The van der Waals surface area contributed by atoms with Gasteiger partial charge in [-0.1, -0.05) is 23.7 Å². The first-order chi connectivity index (χ1) is 12.0. The van der Waals surface area contributed by atoms with Crippen LogP contribution < -0.4 is 9.47 Å². The van der Waals surface area contributed by atoms with Gasteiger partial charge >= 0.3 is 0 Å². The Morgan fingerprint density at radius 2 is 1.35 bits per heavy atom. The van der Waals surface area contributed by atoms with Crippen LogP contribution in [0, 0.1) is 34.5 Å². The van der Waals surface area contributed by atoms with Gasteiger partial charge in [-0.15, -0.1) is 0 Å². The van der Waals surface area contributed by atoms with Gasteiger partial charge in [0.2, 0.25) is 0 Å². The molecule has 2 aromatic carbocycles. The minimum Gasteiger partial charge on any atom is -0.497 e. The molecule has 0 aromatic heterocycles. The van der Waals surface area contributed by atoms with E-state index in [2.05, 4.69) is 65.2 Å². The van der Waals surface area contributed by atoms with Gasteiger partial charge in [0.05, 0.1) is 19.8 Å². The van der Waals surface area contributed by atoms with E-state index < -0.39 is 0 Å². The van der Waals surface area contributed by atoms with E-state index in [-0.39, 0.29) is 10.8 Å². The predicted octanol–water partition coefficient (Wildman–Crippen LogP) is 5.65.